The Labute approximate surface area is 133 Å². The van der Waals surface area contributed by atoms with Crippen molar-refractivity contribution in [3.8, 4) is 0 Å². The Bertz CT molecular complexity index is 855. The third-order valence-electron chi connectivity index (χ3n) is 3.16. The SMILES string of the molecule is C=C(c1ccccc1)c1c(S(C)(=O)=O)ccc(C(=O)O)c1Cl. The molecule has 4 nitrogen and oxygen atoms in total. The first-order valence-corrected chi connectivity index (χ1v) is 8.51. The van der Waals surface area contributed by atoms with Gasteiger partial charge in [0.1, 0.15) is 0 Å². The van der Waals surface area contributed by atoms with E-state index in [0.717, 1.165) is 6.26 Å². The lowest BCUT2D eigenvalue weighted by Crippen LogP contribution is -2.07. The number of carbonyl (C=O) groups is 1. The molecule has 22 heavy (non-hydrogen) atoms. The van der Waals surface area contributed by atoms with E-state index in [2.05, 4.69) is 6.58 Å². The number of sulfone groups is 1. The maximum atomic E-state index is 12.0. The highest BCUT2D eigenvalue weighted by Crippen LogP contribution is 2.35. The average Bonchev–Trinajstić information content (AvgIpc) is 2.45. The highest BCUT2D eigenvalue weighted by Gasteiger charge is 2.23. The fourth-order valence-electron chi connectivity index (χ4n) is 2.10. The van der Waals surface area contributed by atoms with Gasteiger partial charge in [0.15, 0.2) is 9.84 Å². The van der Waals surface area contributed by atoms with Gasteiger partial charge in [0, 0.05) is 11.8 Å². The predicted molar refractivity (Wildman–Crippen MR) is 86.1 cm³/mol. The van der Waals surface area contributed by atoms with Crippen LogP contribution in [-0.4, -0.2) is 25.7 Å². The van der Waals surface area contributed by atoms with Crippen molar-refractivity contribution >= 4 is 33.0 Å². The van der Waals surface area contributed by atoms with E-state index < -0.39 is 15.8 Å². The van der Waals surface area contributed by atoms with Gasteiger partial charge in [-0.2, -0.15) is 0 Å². The Morgan fingerprint density at radius 1 is 1.14 bits per heavy atom. The monoisotopic (exact) mass is 336 g/mol. The molecule has 0 bridgehead atoms. The van der Waals surface area contributed by atoms with Crippen LogP contribution >= 0.6 is 11.6 Å². The summed E-state index contributed by atoms with van der Waals surface area (Å²) in [7, 11) is -3.59. The highest BCUT2D eigenvalue weighted by molar-refractivity contribution is 7.90. The van der Waals surface area contributed by atoms with E-state index in [0.29, 0.717) is 11.1 Å². The molecule has 0 radical (unpaired) electrons. The van der Waals surface area contributed by atoms with Gasteiger partial charge in [0.25, 0.3) is 0 Å². The van der Waals surface area contributed by atoms with E-state index in [-0.39, 0.29) is 21.0 Å². The van der Waals surface area contributed by atoms with Crippen molar-refractivity contribution in [3.63, 3.8) is 0 Å². The summed E-state index contributed by atoms with van der Waals surface area (Å²) in [5.74, 6) is -1.23. The van der Waals surface area contributed by atoms with E-state index >= 15 is 0 Å². The largest absolute Gasteiger partial charge is 0.478 e. The van der Waals surface area contributed by atoms with Crippen LogP contribution in [0.1, 0.15) is 21.5 Å². The topological polar surface area (TPSA) is 71.4 Å². The van der Waals surface area contributed by atoms with Gasteiger partial charge in [-0.05, 0) is 23.3 Å². The number of hydrogen-bond donors (Lipinski definition) is 1. The summed E-state index contributed by atoms with van der Waals surface area (Å²) in [5.41, 5.74) is 0.974. The number of benzene rings is 2. The Kier molecular flexibility index (Phi) is 4.39. The molecule has 2 rings (SSSR count). The van der Waals surface area contributed by atoms with Gasteiger partial charge < -0.3 is 5.11 Å². The van der Waals surface area contributed by atoms with Crippen molar-refractivity contribution in [1.82, 2.24) is 0 Å². The number of rotatable bonds is 4. The predicted octanol–water partition coefficient (Wildman–Crippen LogP) is 3.50. The number of carboxylic acids is 1. The standard InChI is InChI=1S/C16H13ClO4S/c1-10(11-6-4-3-5-7-11)14-13(22(2,20)21)9-8-12(15(14)17)16(18)19/h3-9H,1H2,2H3,(H,18,19). The molecule has 0 amide bonds. The number of hydrogen-bond acceptors (Lipinski definition) is 3. The summed E-state index contributed by atoms with van der Waals surface area (Å²) in [6, 6.07) is 11.3. The van der Waals surface area contributed by atoms with Crippen LogP contribution in [0.2, 0.25) is 5.02 Å². The molecule has 0 aliphatic rings. The van der Waals surface area contributed by atoms with Crippen molar-refractivity contribution < 1.29 is 18.3 Å². The van der Waals surface area contributed by atoms with Crippen LogP contribution in [-0.2, 0) is 9.84 Å². The van der Waals surface area contributed by atoms with Crippen LogP contribution in [0.5, 0.6) is 0 Å². The molecule has 0 unspecified atom stereocenters. The van der Waals surface area contributed by atoms with Gasteiger partial charge in [0.05, 0.1) is 15.5 Å². The lowest BCUT2D eigenvalue weighted by Gasteiger charge is -2.15. The molecule has 2 aromatic rings. The van der Waals surface area contributed by atoms with Crippen LogP contribution in [0.3, 0.4) is 0 Å². The molecule has 2 aromatic carbocycles. The van der Waals surface area contributed by atoms with Crippen molar-refractivity contribution in [2.24, 2.45) is 0 Å². The molecule has 0 saturated carbocycles. The van der Waals surface area contributed by atoms with E-state index in [1.54, 1.807) is 24.3 Å². The normalized spacial score (nSPS) is 11.2. The molecule has 0 aromatic heterocycles. The zero-order valence-electron chi connectivity index (χ0n) is 11.7. The molecule has 0 heterocycles. The van der Waals surface area contributed by atoms with Crippen molar-refractivity contribution in [3.05, 3.63) is 70.8 Å². The maximum absolute atomic E-state index is 12.0. The minimum Gasteiger partial charge on any atom is -0.478 e. The van der Waals surface area contributed by atoms with Crippen LogP contribution in [0.15, 0.2) is 53.9 Å². The van der Waals surface area contributed by atoms with Gasteiger partial charge in [-0.1, -0.05) is 48.5 Å². The number of halogens is 1. The Balaban J connectivity index is 2.79. The second kappa shape index (κ2) is 5.94. The first-order valence-electron chi connectivity index (χ1n) is 6.24. The van der Waals surface area contributed by atoms with Gasteiger partial charge in [-0.3, -0.25) is 0 Å². The van der Waals surface area contributed by atoms with Crippen molar-refractivity contribution in [2.45, 2.75) is 4.90 Å². The first-order chi connectivity index (χ1) is 10.2. The third kappa shape index (κ3) is 3.05. The first kappa shape index (κ1) is 16.3. The molecule has 0 aliphatic carbocycles. The molecular weight excluding hydrogens is 324 g/mol. The third-order valence-corrected chi connectivity index (χ3v) is 4.69. The lowest BCUT2D eigenvalue weighted by molar-refractivity contribution is 0.0697. The zero-order valence-corrected chi connectivity index (χ0v) is 13.3. The summed E-state index contributed by atoms with van der Waals surface area (Å²) in [6.45, 7) is 3.89. The summed E-state index contributed by atoms with van der Waals surface area (Å²) in [5, 5.41) is 9.04. The molecule has 0 saturated heterocycles. The van der Waals surface area contributed by atoms with Crippen LogP contribution in [0, 0.1) is 0 Å². The van der Waals surface area contributed by atoms with Crippen molar-refractivity contribution in [1.29, 1.82) is 0 Å². The number of aromatic carboxylic acids is 1. The maximum Gasteiger partial charge on any atom is 0.337 e. The van der Waals surface area contributed by atoms with E-state index in [4.69, 9.17) is 11.6 Å². The quantitative estimate of drug-likeness (QED) is 0.927. The molecule has 1 N–H and O–H groups in total. The van der Waals surface area contributed by atoms with Crippen LogP contribution in [0.25, 0.3) is 5.57 Å². The fourth-order valence-corrected chi connectivity index (χ4v) is 3.42. The Morgan fingerprint density at radius 2 is 1.73 bits per heavy atom. The van der Waals surface area contributed by atoms with E-state index in [9.17, 15) is 18.3 Å². The summed E-state index contributed by atoms with van der Waals surface area (Å²) in [4.78, 5) is 11.2. The van der Waals surface area contributed by atoms with Gasteiger partial charge in [-0.15, -0.1) is 0 Å². The molecule has 0 atom stereocenters. The summed E-state index contributed by atoms with van der Waals surface area (Å²) < 4.78 is 24.0. The summed E-state index contributed by atoms with van der Waals surface area (Å²) in [6.07, 6.45) is 1.04. The molecule has 0 fully saturated rings. The fraction of sp³-hybridized carbons (Fsp3) is 0.0625. The average molecular weight is 337 g/mol. The van der Waals surface area contributed by atoms with Crippen LogP contribution in [0.4, 0.5) is 0 Å². The Morgan fingerprint density at radius 3 is 2.23 bits per heavy atom. The van der Waals surface area contributed by atoms with Gasteiger partial charge in [0.2, 0.25) is 0 Å². The van der Waals surface area contributed by atoms with E-state index in [1.165, 1.54) is 12.1 Å². The minimum atomic E-state index is -3.59. The Hall–Kier alpha value is -2.11. The van der Waals surface area contributed by atoms with Gasteiger partial charge >= 0.3 is 5.97 Å². The highest BCUT2D eigenvalue weighted by atomic mass is 35.5. The lowest BCUT2D eigenvalue weighted by atomic mass is 9.97. The second-order valence-corrected chi connectivity index (χ2v) is 7.08. The minimum absolute atomic E-state index is 0.0450. The number of carboxylic acid groups (broad SMARTS) is 1. The molecular formula is C16H13ClO4S. The van der Waals surface area contributed by atoms with Crippen molar-refractivity contribution in [2.75, 3.05) is 6.26 Å². The zero-order chi connectivity index (χ0) is 16.5. The van der Waals surface area contributed by atoms with Crippen LogP contribution < -0.4 is 0 Å². The van der Waals surface area contributed by atoms with Gasteiger partial charge in [-0.25, -0.2) is 13.2 Å². The molecule has 0 aliphatic heterocycles. The molecule has 114 valence electrons. The summed E-state index contributed by atoms with van der Waals surface area (Å²) >= 11 is 6.15. The van der Waals surface area contributed by atoms with E-state index in [1.807, 2.05) is 6.07 Å². The molecule has 0 spiro atoms. The smallest absolute Gasteiger partial charge is 0.337 e. The molecule has 6 heteroatoms. The second-order valence-electron chi connectivity index (χ2n) is 4.72.